The summed E-state index contributed by atoms with van der Waals surface area (Å²) in [5.41, 5.74) is 3.44. The van der Waals surface area contributed by atoms with Gasteiger partial charge in [0.25, 0.3) is 0 Å². The molecule has 0 amide bonds. The van der Waals surface area contributed by atoms with Gasteiger partial charge in [-0.2, -0.15) is 0 Å². The first-order valence-corrected chi connectivity index (χ1v) is 11.0. The first-order chi connectivity index (χ1) is 17.3. The molecule has 0 heterocycles. The van der Waals surface area contributed by atoms with Gasteiger partial charge >= 0.3 is 11.9 Å². The number of carboxylic acids is 2. The highest BCUT2D eigenvalue weighted by atomic mass is 16.4. The molecule has 0 radical (unpaired) electrons. The minimum atomic E-state index is -1.11. The van der Waals surface area contributed by atoms with Gasteiger partial charge in [-0.05, 0) is 104 Å². The minimum absolute atomic E-state index is 0.0381. The second-order valence-electron chi connectivity index (χ2n) is 8.51. The van der Waals surface area contributed by atoms with Gasteiger partial charge in [0, 0.05) is 11.1 Å². The van der Waals surface area contributed by atoms with E-state index in [1.807, 2.05) is 48.5 Å². The lowest BCUT2D eigenvalue weighted by Gasteiger charge is -2.10. The number of rotatable bonds is 6. The van der Waals surface area contributed by atoms with Crippen molar-refractivity contribution in [1.29, 1.82) is 0 Å². The third-order valence-electron chi connectivity index (χ3n) is 6.14. The highest BCUT2D eigenvalue weighted by Gasteiger charge is 2.11. The standard InChI is InChI=1S/C30H18O6/c31-15-17-5-23(13-27(7-17)29(33)34)21-3-1-19-9-20-2-4-22(11-26(20)12-25(19)10-21)24-6-18(16-32)8-28(14-24)30(35)36/h1-16H,(H,33,34)(H,35,36). The van der Waals surface area contributed by atoms with Crippen LogP contribution in [0.4, 0.5) is 0 Å². The van der Waals surface area contributed by atoms with Gasteiger partial charge in [-0.25, -0.2) is 9.59 Å². The molecule has 0 aromatic heterocycles. The lowest BCUT2D eigenvalue weighted by atomic mass is 9.94. The number of carbonyl (C=O) groups excluding carboxylic acids is 2. The quantitative estimate of drug-likeness (QED) is 0.219. The maximum absolute atomic E-state index is 11.5. The van der Waals surface area contributed by atoms with Crippen LogP contribution in [0.3, 0.4) is 0 Å². The van der Waals surface area contributed by atoms with Crippen LogP contribution >= 0.6 is 0 Å². The smallest absolute Gasteiger partial charge is 0.335 e. The van der Waals surface area contributed by atoms with E-state index in [-0.39, 0.29) is 22.3 Å². The normalized spacial score (nSPS) is 10.9. The van der Waals surface area contributed by atoms with Crippen LogP contribution in [0.25, 0.3) is 43.8 Å². The van der Waals surface area contributed by atoms with Gasteiger partial charge < -0.3 is 10.2 Å². The molecule has 0 saturated heterocycles. The highest BCUT2D eigenvalue weighted by Crippen LogP contribution is 2.32. The molecule has 6 nitrogen and oxygen atoms in total. The van der Waals surface area contributed by atoms with E-state index in [1.54, 1.807) is 12.1 Å². The van der Waals surface area contributed by atoms with Crippen molar-refractivity contribution in [1.82, 2.24) is 0 Å². The Kier molecular flexibility index (Phi) is 5.62. The van der Waals surface area contributed by atoms with Crippen LogP contribution in [0.2, 0.25) is 0 Å². The molecule has 174 valence electrons. The molecule has 0 bridgehead atoms. The van der Waals surface area contributed by atoms with Crippen molar-refractivity contribution in [3.63, 3.8) is 0 Å². The second-order valence-corrected chi connectivity index (χ2v) is 8.51. The lowest BCUT2D eigenvalue weighted by molar-refractivity contribution is 0.0686. The molecular formula is C30H18O6. The van der Waals surface area contributed by atoms with Crippen LogP contribution in [0.1, 0.15) is 41.4 Å². The molecule has 0 saturated carbocycles. The van der Waals surface area contributed by atoms with Crippen LogP contribution in [-0.4, -0.2) is 34.7 Å². The number of aromatic carboxylic acids is 2. The van der Waals surface area contributed by atoms with Gasteiger partial charge in [-0.15, -0.1) is 0 Å². The topological polar surface area (TPSA) is 109 Å². The fourth-order valence-corrected chi connectivity index (χ4v) is 4.38. The third kappa shape index (κ3) is 4.23. The number of hydrogen-bond acceptors (Lipinski definition) is 4. The Morgan fingerprint density at radius 2 is 0.889 bits per heavy atom. The Hall–Kier alpha value is -5.10. The molecule has 0 aliphatic carbocycles. The molecule has 6 heteroatoms. The number of fused-ring (bicyclic) bond motifs is 2. The Labute approximate surface area is 205 Å². The van der Waals surface area contributed by atoms with Crippen molar-refractivity contribution < 1.29 is 29.4 Å². The summed E-state index contributed by atoms with van der Waals surface area (Å²) in [7, 11) is 0. The number of hydrogen-bond donors (Lipinski definition) is 2. The molecule has 5 aromatic carbocycles. The summed E-state index contributed by atoms with van der Waals surface area (Å²) in [6.07, 6.45) is 1.25. The molecule has 5 rings (SSSR count). The fraction of sp³-hybridized carbons (Fsp3) is 0. The van der Waals surface area contributed by atoms with Crippen molar-refractivity contribution in [2.45, 2.75) is 0 Å². The maximum Gasteiger partial charge on any atom is 0.335 e. The van der Waals surface area contributed by atoms with Gasteiger partial charge in [0.15, 0.2) is 0 Å². The van der Waals surface area contributed by atoms with E-state index in [9.17, 15) is 29.4 Å². The zero-order valence-corrected chi connectivity index (χ0v) is 18.8. The Bertz CT molecular complexity index is 1610. The number of carboxylic acid groups (broad SMARTS) is 2. The summed E-state index contributed by atoms with van der Waals surface area (Å²) in [5.74, 6) is -2.21. The molecule has 0 aliphatic rings. The molecule has 0 atom stereocenters. The molecule has 0 fully saturated rings. The molecule has 0 spiro atoms. The Morgan fingerprint density at radius 1 is 0.472 bits per heavy atom. The summed E-state index contributed by atoms with van der Waals surface area (Å²) < 4.78 is 0. The maximum atomic E-state index is 11.5. The second kappa shape index (κ2) is 8.92. The van der Waals surface area contributed by atoms with Gasteiger partial charge in [-0.3, -0.25) is 9.59 Å². The molecule has 2 N–H and O–H groups in total. The predicted molar refractivity (Wildman–Crippen MR) is 137 cm³/mol. The van der Waals surface area contributed by atoms with Gasteiger partial charge in [0.2, 0.25) is 0 Å². The Balaban J connectivity index is 1.64. The molecule has 0 unspecified atom stereocenters. The Morgan fingerprint density at radius 3 is 1.28 bits per heavy atom. The van der Waals surface area contributed by atoms with Crippen LogP contribution < -0.4 is 0 Å². The van der Waals surface area contributed by atoms with Crippen LogP contribution in [0.5, 0.6) is 0 Å². The third-order valence-corrected chi connectivity index (χ3v) is 6.14. The molecule has 36 heavy (non-hydrogen) atoms. The van der Waals surface area contributed by atoms with Crippen molar-refractivity contribution >= 4 is 46.1 Å². The lowest BCUT2D eigenvalue weighted by Crippen LogP contribution is -1.98. The van der Waals surface area contributed by atoms with E-state index in [0.717, 1.165) is 32.7 Å². The van der Waals surface area contributed by atoms with E-state index < -0.39 is 11.9 Å². The first-order valence-electron chi connectivity index (χ1n) is 11.0. The summed E-state index contributed by atoms with van der Waals surface area (Å²) >= 11 is 0. The highest BCUT2D eigenvalue weighted by molar-refractivity contribution is 6.02. The monoisotopic (exact) mass is 474 g/mol. The average Bonchev–Trinajstić information content (AvgIpc) is 2.90. The van der Waals surface area contributed by atoms with E-state index in [0.29, 0.717) is 23.7 Å². The molecular weight excluding hydrogens is 456 g/mol. The van der Waals surface area contributed by atoms with Crippen molar-refractivity contribution in [2.24, 2.45) is 0 Å². The predicted octanol–water partition coefficient (Wildman–Crippen LogP) is 6.35. The van der Waals surface area contributed by atoms with Gasteiger partial charge in [0.1, 0.15) is 12.6 Å². The van der Waals surface area contributed by atoms with E-state index >= 15 is 0 Å². The van der Waals surface area contributed by atoms with E-state index in [4.69, 9.17) is 0 Å². The van der Waals surface area contributed by atoms with Crippen LogP contribution in [0.15, 0.2) is 84.9 Å². The number of aldehydes is 2. The van der Waals surface area contributed by atoms with Crippen LogP contribution in [0, 0.1) is 0 Å². The fourth-order valence-electron chi connectivity index (χ4n) is 4.38. The SMILES string of the molecule is O=Cc1cc(C(=O)O)cc(-c2ccc3cc4ccc(-c5cc(C=O)cc(C(=O)O)c5)cc4cc3c2)c1. The average molecular weight is 474 g/mol. The zero-order chi connectivity index (χ0) is 25.4. The van der Waals surface area contributed by atoms with Gasteiger partial charge in [0.05, 0.1) is 11.1 Å². The summed E-state index contributed by atoms with van der Waals surface area (Å²) in [6.45, 7) is 0. The van der Waals surface area contributed by atoms with Crippen molar-refractivity contribution in [2.75, 3.05) is 0 Å². The van der Waals surface area contributed by atoms with Crippen molar-refractivity contribution in [3.8, 4) is 22.3 Å². The zero-order valence-electron chi connectivity index (χ0n) is 18.8. The van der Waals surface area contributed by atoms with E-state index in [1.165, 1.54) is 24.3 Å². The molecule has 0 aliphatic heterocycles. The largest absolute Gasteiger partial charge is 0.478 e. The first kappa shape index (κ1) is 22.7. The van der Waals surface area contributed by atoms with Gasteiger partial charge in [-0.1, -0.05) is 24.3 Å². The number of carbonyl (C=O) groups is 4. The minimum Gasteiger partial charge on any atom is -0.478 e. The van der Waals surface area contributed by atoms with Crippen LogP contribution in [-0.2, 0) is 0 Å². The van der Waals surface area contributed by atoms with E-state index in [2.05, 4.69) is 0 Å². The van der Waals surface area contributed by atoms with Crippen molar-refractivity contribution in [3.05, 3.63) is 107 Å². The summed E-state index contributed by atoms with van der Waals surface area (Å²) in [6, 6.07) is 24.6. The molecule has 5 aromatic rings. The summed E-state index contributed by atoms with van der Waals surface area (Å²) in [5, 5.41) is 22.6. The number of benzene rings is 5. The summed E-state index contributed by atoms with van der Waals surface area (Å²) in [4.78, 5) is 45.6.